The zero-order valence-corrected chi connectivity index (χ0v) is 12.1. The Morgan fingerprint density at radius 2 is 2.11 bits per heavy atom. The molecule has 1 heterocycles. The lowest BCUT2D eigenvalue weighted by Gasteiger charge is -2.11. The molecule has 0 saturated carbocycles. The molecule has 0 unspecified atom stereocenters. The number of hydrogen-bond acceptors (Lipinski definition) is 3. The Morgan fingerprint density at radius 3 is 2.78 bits per heavy atom. The van der Waals surface area contributed by atoms with E-state index in [1.807, 2.05) is 19.9 Å². The van der Waals surface area contributed by atoms with Gasteiger partial charge in [0.2, 0.25) is 0 Å². The van der Waals surface area contributed by atoms with Crippen LogP contribution in [0.1, 0.15) is 25.0 Å². The monoisotopic (exact) mass is 288 g/mol. The van der Waals surface area contributed by atoms with Gasteiger partial charge in [-0.05, 0) is 23.6 Å². The highest BCUT2D eigenvalue weighted by Gasteiger charge is 2.22. The van der Waals surface area contributed by atoms with Gasteiger partial charge in [-0.1, -0.05) is 25.4 Å². The summed E-state index contributed by atoms with van der Waals surface area (Å²) in [6.45, 7) is 4.40. The smallest absolute Gasteiger partial charge is 0.154 e. The van der Waals surface area contributed by atoms with Gasteiger partial charge in [0.05, 0.1) is 18.1 Å². The van der Waals surface area contributed by atoms with Crippen molar-refractivity contribution in [2.45, 2.75) is 26.0 Å². The van der Waals surface area contributed by atoms with Crippen LogP contribution in [0.4, 0.5) is 0 Å². The maximum atomic E-state index is 12.0. The van der Waals surface area contributed by atoms with Gasteiger partial charge in [0.1, 0.15) is 5.75 Å². The third-order valence-electron chi connectivity index (χ3n) is 2.79. The van der Waals surface area contributed by atoms with Crippen molar-refractivity contribution in [3.05, 3.63) is 28.3 Å². The van der Waals surface area contributed by atoms with Crippen molar-refractivity contribution in [1.82, 2.24) is 0 Å². The van der Waals surface area contributed by atoms with Crippen LogP contribution >= 0.6 is 11.6 Å². The lowest BCUT2D eigenvalue weighted by molar-refractivity contribution is 0.354. The molecule has 18 heavy (non-hydrogen) atoms. The highest BCUT2D eigenvalue weighted by atomic mass is 35.5. The van der Waals surface area contributed by atoms with Crippen LogP contribution in [0.15, 0.2) is 12.1 Å². The van der Waals surface area contributed by atoms with Gasteiger partial charge in [-0.2, -0.15) is 0 Å². The molecule has 0 fully saturated rings. The summed E-state index contributed by atoms with van der Waals surface area (Å²) < 4.78 is 29.6. The Hall–Kier alpha value is -0.740. The molecule has 0 spiro atoms. The van der Waals surface area contributed by atoms with Gasteiger partial charge < -0.3 is 4.74 Å². The van der Waals surface area contributed by atoms with Crippen molar-refractivity contribution in [2.75, 3.05) is 12.4 Å². The maximum absolute atomic E-state index is 12.0. The first-order chi connectivity index (χ1) is 8.37. The number of ether oxygens (including phenoxy) is 1. The molecule has 100 valence electrons. The number of halogens is 1. The van der Waals surface area contributed by atoms with Gasteiger partial charge in [0, 0.05) is 17.0 Å². The van der Waals surface area contributed by atoms with Crippen molar-refractivity contribution in [1.29, 1.82) is 0 Å². The van der Waals surface area contributed by atoms with E-state index in [9.17, 15) is 8.42 Å². The largest absolute Gasteiger partial charge is 0.493 e. The van der Waals surface area contributed by atoms with E-state index in [2.05, 4.69) is 0 Å². The molecule has 0 aliphatic carbocycles. The van der Waals surface area contributed by atoms with Crippen molar-refractivity contribution >= 4 is 21.4 Å². The Bertz CT molecular complexity index is 550. The summed E-state index contributed by atoms with van der Waals surface area (Å²) in [7, 11) is -3.11. The van der Waals surface area contributed by atoms with Gasteiger partial charge in [-0.15, -0.1) is 0 Å². The molecule has 0 amide bonds. The molecule has 0 N–H and O–H groups in total. The minimum Gasteiger partial charge on any atom is -0.493 e. The summed E-state index contributed by atoms with van der Waals surface area (Å²) in [6, 6.07) is 3.55. The molecule has 5 heteroatoms. The van der Waals surface area contributed by atoms with Gasteiger partial charge in [0.25, 0.3) is 0 Å². The minimum atomic E-state index is -3.11. The number of rotatable bonds is 4. The first kappa shape index (κ1) is 13.7. The van der Waals surface area contributed by atoms with Crippen molar-refractivity contribution in [2.24, 2.45) is 5.92 Å². The minimum absolute atomic E-state index is 0.00801. The van der Waals surface area contributed by atoms with E-state index in [-0.39, 0.29) is 17.4 Å². The fourth-order valence-corrected chi connectivity index (χ4v) is 4.34. The van der Waals surface area contributed by atoms with Crippen molar-refractivity contribution < 1.29 is 13.2 Å². The fourth-order valence-electron chi connectivity index (χ4n) is 2.26. The number of benzene rings is 1. The molecule has 0 aromatic heterocycles. The zero-order chi connectivity index (χ0) is 13.3. The third-order valence-corrected chi connectivity index (χ3v) is 4.93. The van der Waals surface area contributed by atoms with Crippen LogP contribution < -0.4 is 4.74 Å². The van der Waals surface area contributed by atoms with E-state index in [4.69, 9.17) is 16.3 Å². The second-order valence-electron chi connectivity index (χ2n) is 5.10. The first-order valence-electron chi connectivity index (χ1n) is 6.02. The van der Waals surface area contributed by atoms with Crippen LogP contribution in [0, 0.1) is 5.92 Å². The van der Waals surface area contributed by atoms with Crippen LogP contribution in [-0.2, 0) is 22.0 Å². The second-order valence-corrected chi connectivity index (χ2v) is 7.65. The summed E-state index contributed by atoms with van der Waals surface area (Å²) in [6.07, 6.45) is 0.799. The first-order valence-corrected chi connectivity index (χ1v) is 8.22. The molecule has 0 radical (unpaired) electrons. The average Bonchev–Trinajstić information content (AvgIpc) is 2.61. The molecule has 0 saturated heterocycles. The quantitative estimate of drug-likeness (QED) is 0.856. The zero-order valence-electron chi connectivity index (χ0n) is 10.6. The Balaban J connectivity index is 2.30. The van der Waals surface area contributed by atoms with E-state index in [0.717, 1.165) is 12.0 Å². The Morgan fingerprint density at radius 1 is 1.39 bits per heavy atom. The predicted molar refractivity (Wildman–Crippen MR) is 73.0 cm³/mol. The van der Waals surface area contributed by atoms with E-state index >= 15 is 0 Å². The van der Waals surface area contributed by atoms with Gasteiger partial charge in [0.15, 0.2) is 9.84 Å². The van der Waals surface area contributed by atoms with Gasteiger partial charge >= 0.3 is 0 Å². The van der Waals surface area contributed by atoms with Crippen molar-refractivity contribution in [3.63, 3.8) is 0 Å². The van der Waals surface area contributed by atoms with Crippen LogP contribution in [0.25, 0.3) is 0 Å². The SMILES string of the molecule is CC(C)CS(=O)(=O)Cc1cc(Cl)cc2c1OCC2. The lowest BCUT2D eigenvalue weighted by Crippen LogP contribution is -2.14. The van der Waals surface area contributed by atoms with Crippen LogP contribution in [0.5, 0.6) is 5.75 Å². The maximum Gasteiger partial charge on any atom is 0.154 e. The number of sulfone groups is 1. The molecule has 1 aliphatic heterocycles. The van der Waals surface area contributed by atoms with Crippen molar-refractivity contribution in [3.8, 4) is 5.75 Å². The number of hydrogen-bond donors (Lipinski definition) is 0. The highest BCUT2D eigenvalue weighted by Crippen LogP contribution is 2.34. The molecule has 0 atom stereocenters. The normalized spacial score (nSPS) is 14.7. The van der Waals surface area contributed by atoms with E-state index < -0.39 is 9.84 Å². The Labute approximate surface area is 113 Å². The molecule has 1 aromatic carbocycles. The molecule has 1 aliphatic rings. The predicted octanol–water partition coefficient (Wildman–Crippen LogP) is 2.85. The lowest BCUT2D eigenvalue weighted by atomic mass is 10.1. The van der Waals surface area contributed by atoms with Crippen LogP contribution in [0.2, 0.25) is 5.02 Å². The number of fused-ring (bicyclic) bond motifs is 1. The van der Waals surface area contributed by atoms with Crippen LogP contribution in [-0.4, -0.2) is 20.8 Å². The van der Waals surface area contributed by atoms with Gasteiger partial charge in [-0.3, -0.25) is 0 Å². The summed E-state index contributed by atoms with van der Waals surface area (Å²) in [5.41, 5.74) is 1.70. The standard InChI is InChI=1S/C13H17ClO3S/c1-9(2)7-18(15,16)8-11-6-12(14)5-10-3-4-17-13(10)11/h5-6,9H,3-4,7-8H2,1-2H3. The molecular weight excluding hydrogens is 272 g/mol. The summed E-state index contributed by atoms with van der Waals surface area (Å²) in [4.78, 5) is 0. The second kappa shape index (κ2) is 5.10. The molecule has 3 nitrogen and oxygen atoms in total. The van der Waals surface area contributed by atoms with E-state index in [1.54, 1.807) is 6.07 Å². The molecular formula is C13H17ClO3S. The summed E-state index contributed by atoms with van der Waals surface area (Å²) in [5, 5.41) is 0.578. The highest BCUT2D eigenvalue weighted by molar-refractivity contribution is 7.90. The molecule has 0 bridgehead atoms. The Kier molecular flexibility index (Phi) is 3.87. The molecule has 1 aromatic rings. The van der Waals surface area contributed by atoms with E-state index in [1.165, 1.54) is 0 Å². The summed E-state index contributed by atoms with van der Waals surface area (Å²) in [5.74, 6) is 1.04. The topological polar surface area (TPSA) is 43.4 Å². The van der Waals surface area contributed by atoms with Gasteiger partial charge in [-0.25, -0.2) is 8.42 Å². The van der Waals surface area contributed by atoms with Crippen LogP contribution in [0.3, 0.4) is 0 Å². The fraction of sp³-hybridized carbons (Fsp3) is 0.538. The third kappa shape index (κ3) is 3.18. The van der Waals surface area contributed by atoms with E-state index in [0.29, 0.717) is 22.9 Å². The summed E-state index contributed by atoms with van der Waals surface area (Å²) >= 11 is 6.01. The molecule has 2 rings (SSSR count). The average molecular weight is 289 g/mol.